The summed E-state index contributed by atoms with van der Waals surface area (Å²) in [6.07, 6.45) is 9.36. The number of aromatic nitrogens is 2. The second-order valence-corrected chi connectivity index (χ2v) is 8.66. The number of carbonyl (C=O) groups is 2. The molecule has 0 aromatic carbocycles. The summed E-state index contributed by atoms with van der Waals surface area (Å²) >= 11 is 0. The molecule has 2 fully saturated rings. The van der Waals surface area contributed by atoms with E-state index in [2.05, 4.69) is 16.8 Å². The molecule has 0 aliphatic carbocycles. The molecule has 158 valence electrons. The van der Waals surface area contributed by atoms with E-state index in [4.69, 9.17) is 4.98 Å². The largest absolute Gasteiger partial charge is 0.338 e. The molecule has 2 saturated heterocycles. The topological polar surface area (TPSA) is 69.6 Å². The third-order valence-electron chi connectivity index (χ3n) is 6.83. The zero-order chi connectivity index (χ0) is 20.4. The average molecular weight is 400 g/mol. The van der Waals surface area contributed by atoms with Gasteiger partial charge in [-0.3, -0.25) is 14.5 Å². The van der Waals surface area contributed by atoms with Crippen molar-refractivity contribution in [1.82, 2.24) is 24.7 Å². The van der Waals surface area contributed by atoms with Crippen LogP contribution >= 0.6 is 0 Å². The lowest BCUT2D eigenvalue weighted by Crippen LogP contribution is -2.46. The Morgan fingerprint density at radius 1 is 1.14 bits per heavy atom. The van der Waals surface area contributed by atoms with Gasteiger partial charge in [-0.1, -0.05) is 13.3 Å². The maximum Gasteiger partial charge on any atom is 0.237 e. The Bertz CT molecular complexity index is 768. The Morgan fingerprint density at radius 3 is 2.79 bits per heavy atom. The van der Waals surface area contributed by atoms with E-state index in [0.29, 0.717) is 25.7 Å². The molecule has 7 nitrogen and oxygen atoms in total. The van der Waals surface area contributed by atoms with Crippen molar-refractivity contribution in [3.05, 3.63) is 23.3 Å². The van der Waals surface area contributed by atoms with Crippen LogP contribution in [-0.2, 0) is 22.6 Å². The predicted octanol–water partition coefficient (Wildman–Crippen LogP) is 2.31. The van der Waals surface area contributed by atoms with Crippen LogP contribution in [0.15, 0.2) is 6.20 Å². The molecule has 2 atom stereocenters. The summed E-state index contributed by atoms with van der Waals surface area (Å²) in [7, 11) is 0. The van der Waals surface area contributed by atoms with Crippen molar-refractivity contribution < 1.29 is 9.59 Å². The van der Waals surface area contributed by atoms with E-state index in [1.165, 1.54) is 19.3 Å². The Balaban J connectivity index is 1.46. The molecule has 4 heterocycles. The number of hydrogen-bond acceptors (Lipinski definition) is 5. The van der Waals surface area contributed by atoms with Crippen LogP contribution in [0.5, 0.6) is 0 Å². The summed E-state index contributed by atoms with van der Waals surface area (Å²) in [5.74, 6) is 1.09. The first-order chi connectivity index (χ1) is 14.1. The summed E-state index contributed by atoms with van der Waals surface area (Å²) in [6, 6.07) is 0.529. The second kappa shape index (κ2) is 8.78. The van der Waals surface area contributed by atoms with E-state index in [-0.39, 0.29) is 17.9 Å². The van der Waals surface area contributed by atoms with Crippen LogP contribution in [0.4, 0.5) is 0 Å². The fraction of sp³-hybridized carbons (Fsp3) is 0.727. The standard InChI is InChI=1S/C22H33N5O2/c1-3-18-7-4-5-10-26(18)15-21(29)27-11-6-8-20(27)22-23-13-17-14-25(16(2)28)12-9-19(17)24-22/h13,18,20H,3-12,14-15H2,1-2H3/t18-,20-/m1/s1. The number of rotatable bonds is 4. The summed E-state index contributed by atoms with van der Waals surface area (Å²) in [4.78, 5) is 40.5. The first kappa shape index (κ1) is 20.3. The van der Waals surface area contributed by atoms with Crippen LogP contribution in [-0.4, -0.2) is 68.7 Å². The van der Waals surface area contributed by atoms with Gasteiger partial charge in [-0.05, 0) is 38.6 Å². The molecule has 0 N–H and O–H groups in total. The van der Waals surface area contributed by atoms with Crippen molar-refractivity contribution in [2.45, 2.75) is 77.4 Å². The van der Waals surface area contributed by atoms with Crippen LogP contribution in [0.25, 0.3) is 0 Å². The third kappa shape index (κ3) is 4.29. The van der Waals surface area contributed by atoms with Crippen molar-refractivity contribution >= 4 is 11.8 Å². The number of nitrogens with zero attached hydrogens (tertiary/aromatic N) is 5. The Kier molecular flexibility index (Phi) is 6.13. The molecule has 2 amide bonds. The average Bonchev–Trinajstić information content (AvgIpc) is 3.23. The number of likely N-dealkylation sites (tertiary alicyclic amines) is 2. The summed E-state index contributed by atoms with van der Waals surface area (Å²) in [5, 5.41) is 0. The first-order valence-corrected chi connectivity index (χ1v) is 11.2. The molecule has 7 heteroatoms. The van der Waals surface area contributed by atoms with Crippen LogP contribution in [0.3, 0.4) is 0 Å². The summed E-state index contributed by atoms with van der Waals surface area (Å²) in [6.45, 7) is 7.48. The minimum atomic E-state index is -0.0106. The van der Waals surface area contributed by atoms with Gasteiger partial charge in [0.2, 0.25) is 11.8 Å². The molecule has 1 aromatic heterocycles. The van der Waals surface area contributed by atoms with Crippen molar-refractivity contribution in [1.29, 1.82) is 0 Å². The van der Waals surface area contributed by atoms with Crippen LogP contribution in [0.1, 0.15) is 75.5 Å². The molecule has 4 rings (SSSR count). The van der Waals surface area contributed by atoms with Gasteiger partial charge in [0, 0.05) is 50.8 Å². The van der Waals surface area contributed by atoms with Gasteiger partial charge in [0.05, 0.1) is 18.3 Å². The number of hydrogen-bond donors (Lipinski definition) is 0. The van der Waals surface area contributed by atoms with Crippen molar-refractivity contribution in [3.63, 3.8) is 0 Å². The molecule has 1 aromatic rings. The van der Waals surface area contributed by atoms with Gasteiger partial charge in [0.15, 0.2) is 5.82 Å². The Labute approximate surface area is 173 Å². The lowest BCUT2D eigenvalue weighted by Gasteiger charge is -2.36. The van der Waals surface area contributed by atoms with E-state index < -0.39 is 0 Å². The molecule has 0 unspecified atom stereocenters. The number of amides is 2. The Hall–Kier alpha value is -2.02. The van der Waals surface area contributed by atoms with Crippen LogP contribution in [0, 0.1) is 0 Å². The van der Waals surface area contributed by atoms with Crippen molar-refractivity contribution in [3.8, 4) is 0 Å². The lowest BCUT2D eigenvalue weighted by molar-refractivity contribution is -0.134. The minimum absolute atomic E-state index is 0.0106. The summed E-state index contributed by atoms with van der Waals surface area (Å²) < 4.78 is 0. The highest BCUT2D eigenvalue weighted by atomic mass is 16.2. The molecule has 3 aliphatic rings. The molecular formula is C22H33N5O2. The van der Waals surface area contributed by atoms with Gasteiger partial charge < -0.3 is 9.80 Å². The predicted molar refractivity (Wildman–Crippen MR) is 110 cm³/mol. The number of carbonyl (C=O) groups excluding carboxylic acids is 2. The zero-order valence-electron chi connectivity index (χ0n) is 17.8. The first-order valence-electron chi connectivity index (χ1n) is 11.2. The normalized spacial score (nSPS) is 25.2. The van der Waals surface area contributed by atoms with Gasteiger partial charge in [-0.15, -0.1) is 0 Å². The monoisotopic (exact) mass is 399 g/mol. The molecule has 3 aliphatic heterocycles. The number of piperidine rings is 1. The third-order valence-corrected chi connectivity index (χ3v) is 6.83. The van der Waals surface area contributed by atoms with Crippen molar-refractivity contribution in [2.75, 3.05) is 26.2 Å². The van der Waals surface area contributed by atoms with E-state index in [9.17, 15) is 9.59 Å². The molecule has 0 spiro atoms. The van der Waals surface area contributed by atoms with Gasteiger partial charge in [-0.2, -0.15) is 0 Å². The SMILES string of the molecule is CC[C@@H]1CCCCN1CC(=O)N1CCC[C@@H]1c1ncc2c(n1)CCN(C(C)=O)C2. The smallest absolute Gasteiger partial charge is 0.237 e. The maximum atomic E-state index is 13.2. The minimum Gasteiger partial charge on any atom is -0.338 e. The van der Waals surface area contributed by atoms with E-state index in [1.54, 1.807) is 6.92 Å². The van der Waals surface area contributed by atoms with E-state index in [0.717, 1.165) is 55.9 Å². The summed E-state index contributed by atoms with van der Waals surface area (Å²) in [5.41, 5.74) is 2.07. The molecular weight excluding hydrogens is 366 g/mol. The molecule has 0 saturated carbocycles. The highest BCUT2D eigenvalue weighted by molar-refractivity contribution is 5.79. The van der Waals surface area contributed by atoms with Gasteiger partial charge in [0.25, 0.3) is 0 Å². The van der Waals surface area contributed by atoms with Crippen LogP contribution in [0.2, 0.25) is 0 Å². The Morgan fingerprint density at radius 2 is 2.00 bits per heavy atom. The molecule has 29 heavy (non-hydrogen) atoms. The molecule has 0 radical (unpaired) electrons. The highest BCUT2D eigenvalue weighted by Gasteiger charge is 2.34. The van der Waals surface area contributed by atoms with E-state index >= 15 is 0 Å². The second-order valence-electron chi connectivity index (χ2n) is 8.66. The van der Waals surface area contributed by atoms with E-state index in [1.807, 2.05) is 16.0 Å². The lowest BCUT2D eigenvalue weighted by atomic mass is 10.00. The quantitative estimate of drug-likeness (QED) is 0.777. The van der Waals surface area contributed by atoms with Gasteiger partial charge in [0.1, 0.15) is 0 Å². The van der Waals surface area contributed by atoms with Gasteiger partial charge in [-0.25, -0.2) is 9.97 Å². The van der Waals surface area contributed by atoms with Gasteiger partial charge >= 0.3 is 0 Å². The number of fused-ring (bicyclic) bond motifs is 1. The molecule has 0 bridgehead atoms. The fourth-order valence-electron chi connectivity index (χ4n) is 5.09. The zero-order valence-corrected chi connectivity index (χ0v) is 17.8. The van der Waals surface area contributed by atoms with Crippen molar-refractivity contribution in [2.24, 2.45) is 0 Å². The maximum absolute atomic E-state index is 13.2. The highest BCUT2D eigenvalue weighted by Crippen LogP contribution is 2.31. The fourth-order valence-corrected chi connectivity index (χ4v) is 5.09. The van der Waals surface area contributed by atoms with Crippen LogP contribution < -0.4 is 0 Å².